The Bertz CT molecular complexity index is 683. The first-order chi connectivity index (χ1) is 13.6. The van der Waals surface area contributed by atoms with Gasteiger partial charge in [0.05, 0.1) is 5.69 Å². The molecule has 2 aliphatic heterocycles. The van der Waals surface area contributed by atoms with E-state index in [2.05, 4.69) is 22.2 Å². The summed E-state index contributed by atoms with van der Waals surface area (Å²) < 4.78 is 0. The van der Waals surface area contributed by atoms with Crippen molar-refractivity contribution in [3.8, 4) is 0 Å². The maximum Gasteiger partial charge on any atom is 0.222 e. The third kappa shape index (κ3) is 4.32. The number of carbonyl (C=O) groups is 1. The third-order valence-corrected chi connectivity index (χ3v) is 6.83. The van der Waals surface area contributed by atoms with Gasteiger partial charge in [-0.2, -0.15) is 0 Å². The normalized spacial score (nSPS) is 24.1. The summed E-state index contributed by atoms with van der Waals surface area (Å²) in [7, 11) is 4.09. The molecule has 1 saturated carbocycles. The molecule has 28 heavy (non-hydrogen) atoms. The number of hydrogen-bond acceptors (Lipinski definition) is 5. The van der Waals surface area contributed by atoms with Crippen LogP contribution in [0.1, 0.15) is 74.4 Å². The van der Waals surface area contributed by atoms with Crippen molar-refractivity contribution in [2.24, 2.45) is 5.92 Å². The molecule has 1 amide bonds. The number of piperidine rings is 1. The molecule has 1 N–H and O–H groups in total. The second-order valence-electron chi connectivity index (χ2n) is 8.98. The average molecular weight is 386 g/mol. The van der Waals surface area contributed by atoms with E-state index < -0.39 is 0 Å². The molecule has 1 atom stereocenters. The van der Waals surface area contributed by atoms with E-state index in [0.717, 1.165) is 63.5 Å². The molecule has 0 spiro atoms. The Morgan fingerprint density at radius 3 is 2.71 bits per heavy atom. The van der Waals surface area contributed by atoms with Gasteiger partial charge in [-0.05, 0) is 38.6 Å². The minimum Gasteiger partial charge on any atom is -0.373 e. The lowest BCUT2D eigenvalue weighted by Crippen LogP contribution is -2.40. The van der Waals surface area contributed by atoms with Gasteiger partial charge in [0, 0.05) is 57.5 Å². The van der Waals surface area contributed by atoms with E-state index in [0.29, 0.717) is 11.8 Å². The molecule has 6 nitrogen and oxygen atoms in total. The van der Waals surface area contributed by atoms with Gasteiger partial charge in [-0.3, -0.25) is 4.79 Å². The molecule has 1 aliphatic carbocycles. The number of likely N-dealkylation sites (N-methyl/N-ethyl adjacent to an activating group) is 1. The lowest BCUT2D eigenvalue weighted by molar-refractivity contribution is -0.133. The van der Waals surface area contributed by atoms with Crippen molar-refractivity contribution in [2.45, 2.75) is 70.3 Å². The van der Waals surface area contributed by atoms with Gasteiger partial charge in [0.15, 0.2) is 0 Å². The topological polar surface area (TPSA) is 61.4 Å². The minimum absolute atomic E-state index is 0.265. The number of carbonyl (C=O) groups excluding carboxylic acids is 1. The van der Waals surface area contributed by atoms with Gasteiger partial charge in [0.2, 0.25) is 5.91 Å². The van der Waals surface area contributed by atoms with Crippen LogP contribution in [0.5, 0.6) is 0 Å². The zero-order valence-electron chi connectivity index (χ0n) is 17.5. The summed E-state index contributed by atoms with van der Waals surface area (Å²) in [5, 5.41) is 3.28. The van der Waals surface area contributed by atoms with E-state index in [-0.39, 0.29) is 5.92 Å². The van der Waals surface area contributed by atoms with Gasteiger partial charge in [-0.25, -0.2) is 9.97 Å². The van der Waals surface area contributed by atoms with Crippen molar-refractivity contribution < 1.29 is 4.79 Å². The number of hydrogen-bond donors (Lipinski definition) is 1. The Balaban J connectivity index is 1.46. The molecule has 1 unspecified atom stereocenters. The zero-order chi connectivity index (χ0) is 19.5. The van der Waals surface area contributed by atoms with Crippen LogP contribution < -0.4 is 5.32 Å². The SMILES string of the molecule is CNc1nc(C2CCCN(C(=O)CC3CCCCC3)C2)nc2c1CN(C)CC2. The van der Waals surface area contributed by atoms with Crippen LogP contribution in [0.2, 0.25) is 0 Å². The fraction of sp³-hybridized carbons (Fsp3) is 0.773. The maximum absolute atomic E-state index is 12.9. The number of fused-ring (bicyclic) bond motifs is 1. The molecule has 0 bridgehead atoms. The summed E-state index contributed by atoms with van der Waals surface area (Å²) in [5.41, 5.74) is 2.43. The molecule has 4 rings (SSSR count). The van der Waals surface area contributed by atoms with Crippen molar-refractivity contribution in [2.75, 3.05) is 39.0 Å². The van der Waals surface area contributed by atoms with E-state index in [4.69, 9.17) is 9.97 Å². The molecule has 1 saturated heterocycles. The number of rotatable bonds is 4. The highest BCUT2D eigenvalue weighted by Gasteiger charge is 2.30. The van der Waals surface area contributed by atoms with E-state index in [9.17, 15) is 4.79 Å². The van der Waals surface area contributed by atoms with E-state index >= 15 is 0 Å². The van der Waals surface area contributed by atoms with Crippen LogP contribution in [0.4, 0.5) is 5.82 Å². The summed E-state index contributed by atoms with van der Waals surface area (Å²) in [5.74, 6) is 3.13. The summed E-state index contributed by atoms with van der Waals surface area (Å²) >= 11 is 0. The Labute approximate surface area is 169 Å². The maximum atomic E-state index is 12.9. The van der Waals surface area contributed by atoms with Crippen LogP contribution in [0, 0.1) is 5.92 Å². The molecule has 6 heteroatoms. The van der Waals surface area contributed by atoms with Crippen molar-refractivity contribution in [3.63, 3.8) is 0 Å². The molecule has 0 aromatic carbocycles. The average Bonchev–Trinajstić information content (AvgIpc) is 2.73. The molecule has 3 aliphatic rings. The van der Waals surface area contributed by atoms with E-state index in [1.54, 1.807) is 0 Å². The Morgan fingerprint density at radius 2 is 1.93 bits per heavy atom. The zero-order valence-corrected chi connectivity index (χ0v) is 17.5. The van der Waals surface area contributed by atoms with Gasteiger partial charge in [0.1, 0.15) is 11.6 Å². The molecule has 1 aromatic rings. The molecule has 1 aromatic heterocycles. The monoisotopic (exact) mass is 385 g/mol. The summed E-state index contributed by atoms with van der Waals surface area (Å²) in [6, 6.07) is 0. The van der Waals surface area contributed by atoms with Crippen LogP contribution >= 0.6 is 0 Å². The summed E-state index contributed by atoms with van der Waals surface area (Å²) in [6.45, 7) is 3.63. The number of anilines is 1. The van der Waals surface area contributed by atoms with Gasteiger partial charge in [-0.1, -0.05) is 19.3 Å². The molecule has 3 heterocycles. The Hall–Kier alpha value is -1.69. The largest absolute Gasteiger partial charge is 0.373 e. The Kier molecular flexibility index (Phi) is 6.14. The first-order valence-corrected chi connectivity index (χ1v) is 11.2. The smallest absolute Gasteiger partial charge is 0.222 e. The third-order valence-electron chi connectivity index (χ3n) is 6.83. The predicted molar refractivity (Wildman–Crippen MR) is 111 cm³/mol. The number of likely N-dealkylation sites (tertiary alicyclic amines) is 1. The lowest BCUT2D eigenvalue weighted by atomic mass is 9.86. The quantitative estimate of drug-likeness (QED) is 0.862. The standard InChI is InChI=1S/C22H35N5O/c1-23-22-18-15-26(2)12-10-19(18)24-21(25-22)17-9-6-11-27(14-17)20(28)13-16-7-4-3-5-8-16/h16-17H,3-15H2,1-2H3,(H,23,24,25). The second-order valence-corrected chi connectivity index (χ2v) is 8.98. The highest BCUT2D eigenvalue weighted by atomic mass is 16.2. The molecule has 154 valence electrons. The molecular formula is C22H35N5O. The first-order valence-electron chi connectivity index (χ1n) is 11.2. The van der Waals surface area contributed by atoms with Gasteiger partial charge in [0.25, 0.3) is 0 Å². The van der Waals surface area contributed by atoms with Crippen molar-refractivity contribution >= 4 is 11.7 Å². The van der Waals surface area contributed by atoms with Crippen LogP contribution in [-0.4, -0.2) is 59.4 Å². The number of aromatic nitrogens is 2. The van der Waals surface area contributed by atoms with Gasteiger partial charge < -0.3 is 15.1 Å². The first kappa shape index (κ1) is 19.6. The fourth-order valence-corrected chi connectivity index (χ4v) is 5.14. The Morgan fingerprint density at radius 1 is 1.11 bits per heavy atom. The lowest BCUT2D eigenvalue weighted by Gasteiger charge is -2.34. The minimum atomic E-state index is 0.265. The van der Waals surface area contributed by atoms with Crippen molar-refractivity contribution in [1.82, 2.24) is 19.8 Å². The molecule has 0 radical (unpaired) electrons. The van der Waals surface area contributed by atoms with Gasteiger partial charge in [-0.15, -0.1) is 0 Å². The van der Waals surface area contributed by atoms with Gasteiger partial charge >= 0.3 is 0 Å². The van der Waals surface area contributed by atoms with E-state index in [1.165, 1.54) is 43.4 Å². The summed E-state index contributed by atoms with van der Waals surface area (Å²) in [4.78, 5) is 27.2. The van der Waals surface area contributed by atoms with Crippen LogP contribution in [0.25, 0.3) is 0 Å². The highest BCUT2D eigenvalue weighted by Crippen LogP contribution is 2.31. The number of amides is 1. The van der Waals surface area contributed by atoms with Crippen LogP contribution in [0.15, 0.2) is 0 Å². The summed E-state index contributed by atoms with van der Waals surface area (Å²) in [6.07, 6.45) is 10.3. The number of nitrogens with zero attached hydrogens (tertiary/aromatic N) is 4. The number of nitrogens with one attached hydrogen (secondary N) is 1. The predicted octanol–water partition coefficient (Wildman–Crippen LogP) is 3.18. The van der Waals surface area contributed by atoms with Crippen molar-refractivity contribution in [3.05, 3.63) is 17.1 Å². The molecular weight excluding hydrogens is 350 g/mol. The van der Waals surface area contributed by atoms with Crippen LogP contribution in [-0.2, 0) is 17.8 Å². The molecule has 2 fully saturated rings. The fourth-order valence-electron chi connectivity index (χ4n) is 5.14. The van der Waals surface area contributed by atoms with Crippen LogP contribution in [0.3, 0.4) is 0 Å². The highest BCUT2D eigenvalue weighted by molar-refractivity contribution is 5.76. The van der Waals surface area contributed by atoms with E-state index in [1.807, 2.05) is 7.05 Å². The second kappa shape index (κ2) is 8.76. The van der Waals surface area contributed by atoms with Crippen molar-refractivity contribution in [1.29, 1.82) is 0 Å².